The van der Waals surface area contributed by atoms with E-state index in [-0.39, 0.29) is 6.03 Å². The zero-order valence-corrected chi connectivity index (χ0v) is 33.1. The first-order valence-electron chi connectivity index (χ1n) is 19.5. The Hall–Kier alpha value is -5.99. The Labute approximate surface area is 334 Å². The van der Waals surface area contributed by atoms with Gasteiger partial charge in [-0.05, 0) is 73.5 Å². The average molecular weight is 771 g/mol. The number of nitrogens with zero attached hydrogens (tertiary/aromatic N) is 9. The van der Waals surface area contributed by atoms with Crippen molar-refractivity contribution in [1.82, 2.24) is 24.8 Å². The van der Waals surface area contributed by atoms with E-state index in [1.54, 1.807) is 19.1 Å². The molecule has 2 aromatic heterocycles. The number of aryl methyl sites for hydroxylation is 1. The van der Waals surface area contributed by atoms with E-state index in [4.69, 9.17) is 34.1 Å². The molecule has 0 spiro atoms. The van der Waals surface area contributed by atoms with Gasteiger partial charge in [0.15, 0.2) is 0 Å². The first-order chi connectivity index (χ1) is 27.8. The van der Waals surface area contributed by atoms with Gasteiger partial charge in [-0.2, -0.15) is 4.98 Å². The van der Waals surface area contributed by atoms with Crippen LogP contribution in [0.25, 0.3) is 11.3 Å². The monoisotopic (exact) mass is 770 g/mol. The Kier molecular flexibility index (Phi) is 11.3. The SMILES string of the molecule is COc1ccc(CN(Cc2ccc(OC)cc2)c2ncc(-c3nc(N4CCOCC4)nc4c3CCN4C(=O)Nc3cc(N4CCN(C)CC4)ccc3C)cn2)cc1. The van der Waals surface area contributed by atoms with Crippen molar-refractivity contribution >= 4 is 35.1 Å². The van der Waals surface area contributed by atoms with Crippen LogP contribution in [0, 0.1) is 6.92 Å². The summed E-state index contributed by atoms with van der Waals surface area (Å²) in [5, 5.41) is 3.22. The molecular weight excluding hydrogens is 721 g/mol. The molecule has 14 heteroatoms. The molecule has 14 nitrogen and oxygen atoms in total. The zero-order chi connectivity index (χ0) is 39.3. The van der Waals surface area contributed by atoms with Crippen molar-refractivity contribution in [3.05, 3.63) is 101 Å². The van der Waals surface area contributed by atoms with Gasteiger partial charge in [-0.1, -0.05) is 30.3 Å². The fraction of sp³-hybridized carbons (Fsp3) is 0.372. The van der Waals surface area contributed by atoms with Gasteiger partial charge in [-0.3, -0.25) is 4.90 Å². The highest BCUT2D eigenvalue weighted by Crippen LogP contribution is 2.36. The van der Waals surface area contributed by atoms with Crippen molar-refractivity contribution in [1.29, 1.82) is 0 Å². The van der Waals surface area contributed by atoms with E-state index in [9.17, 15) is 4.79 Å². The predicted molar refractivity (Wildman–Crippen MR) is 223 cm³/mol. The summed E-state index contributed by atoms with van der Waals surface area (Å²) in [6.45, 7) is 10.1. The smallest absolute Gasteiger partial charge is 0.327 e. The molecule has 2 amide bonds. The number of hydrogen-bond donors (Lipinski definition) is 1. The van der Waals surface area contributed by atoms with E-state index in [0.717, 1.165) is 82.6 Å². The maximum Gasteiger partial charge on any atom is 0.327 e. The highest BCUT2D eigenvalue weighted by molar-refractivity contribution is 6.03. The summed E-state index contributed by atoms with van der Waals surface area (Å²) < 4.78 is 16.4. The molecule has 0 radical (unpaired) electrons. The number of nitrogens with one attached hydrogen (secondary N) is 1. The van der Waals surface area contributed by atoms with Crippen LogP contribution in [0.5, 0.6) is 11.5 Å². The standard InChI is InChI=1S/C43H50N10O4/c1-30-5-10-34(50-19-17-49(2)18-20-50)25-38(30)46-43(54)53-16-15-37-39(47-42(48-40(37)53)51-21-23-57-24-22-51)33-26-44-41(45-27-33)52(28-31-6-11-35(55-3)12-7-31)29-32-8-13-36(56-4)14-9-32/h5-14,25-27H,15-24,28-29H2,1-4H3,(H,46,54). The minimum Gasteiger partial charge on any atom is -0.497 e. The molecule has 3 aliphatic heterocycles. The number of methoxy groups -OCH3 is 2. The van der Waals surface area contributed by atoms with Gasteiger partial charge in [-0.25, -0.2) is 19.7 Å². The fourth-order valence-corrected chi connectivity index (χ4v) is 7.48. The van der Waals surface area contributed by atoms with E-state index in [2.05, 4.69) is 74.4 Å². The Morgan fingerprint density at radius 1 is 0.789 bits per heavy atom. The van der Waals surface area contributed by atoms with Crippen molar-refractivity contribution in [2.24, 2.45) is 0 Å². The molecular formula is C43H50N10O4. The molecule has 5 aromatic rings. The Bertz CT molecular complexity index is 2100. The minimum atomic E-state index is -0.218. The summed E-state index contributed by atoms with van der Waals surface area (Å²) in [7, 11) is 5.48. The molecule has 0 aliphatic carbocycles. The van der Waals surface area contributed by atoms with Gasteiger partial charge in [0, 0.05) is 93.8 Å². The average Bonchev–Trinajstić information content (AvgIpc) is 3.69. The normalized spacial score (nSPS) is 15.7. The molecule has 0 unspecified atom stereocenters. The number of piperazine rings is 1. The number of hydrogen-bond acceptors (Lipinski definition) is 12. The van der Waals surface area contributed by atoms with Crippen molar-refractivity contribution in [2.75, 3.05) is 105 Å². The molecule has 1 N–H and O–H groups in total. The van der Waals surface area contributed by atoms with Gasteiger partial charge < -0.3 is 39.1 Å². The van der Waals surface area contributed by atoms with Crippen molar-refractivity contribution in [3.8, 4) is 22.8 Å². The number of amides is 2. The van der Waals surface area contributed by atoms with Gasteiger partial charge in [0.05, 0.1) is 33.1 Å². The molecule has 2 fully saturated rings. The Balaban J connectivity index is 1.09. The second-order valence-electron chi connectivity index (χ2n) is 14.7. The van der Waals surface area contributed by atoms with E-state index in [1.165, 1.54) is 0 Å². The second-order valence-corrected chi connectivity index (χ2v) is 14.7. The lowest BCUT2D eigenvalue weighted by Crippen LogP contribution is -2.44. The predicted octanol–water partition coefficient (Wildman–Crippen LogP) is 5.65. The fourth-order valence-electron chi connectivity index (χ4n) is 7.48. The highest BCUT2D eigenvalue weighted by Gasteiger charge is 2.32. The van der Waals surface area contributed by atoms with Crippen molar-refractivity contribution in [3.63, 3.8) is 0 Å². The minimum absolute atomic E-state index is 0.218. The first-order valence-corrected chi connectivity index (χ1v) is 19.5. The maximum atomic E-state index is 14.1. The molecule has 296 valence electrons. The van der Waals surface area contributed by atoms with Crippen LogP contribution in [-0.2, 0) is 24.2 Å². The molecule has 0 bridgehead atoms. The largest absolute Gasteiger partial charge is 0.497 e. The van der Waals surface area contributed by atoms with Crippen LogP contribution in [0.15, 0.2) is 79.1 Å². The van der Waals surface area contributed by atoms with Crippen molar-refractivity contribution in [2.45, 2.75) is 26.4 Å². The van der Waals surface area contributed by atoms with Crippen LogP contribution in [0.3, 0.4) is 0 Å². The van der Waals surface area contributed by atoms with E-state index in [0.29, 0.717) is 70.1 Å². The lowest BCUT2D eigenvalue weighted by atomic mass is 10.1. The lowest BCUT2D eigenvalue weighted by molar-refractivity contribution is 0.122. The van der Waals surface area contributed by atoms with Crippen molar-refractivity contribution < 1.29 is 19.0 Å². The van der Waals surface area contributed by atoms with E-state index >= 15 is 0 Å². The lowest BCUT2D eigenvalue weighted by Gasteiger charge is -2.34. The second kappa shape index (κ2) is 17.0. The number of anilines is 5. The Morgan fingerprint density at radius 3 is 2.04 bits per heavy atom. The number of morpholine rings is 1. The summed E-state index contributed by atoms with van der Waals surface area (Å²) in [6.07, 6.45) is 4.27. The van der Waals surface area contributed by atoms with Gasteiger partial charge >= 0.3 is 6.03 Å². The number of rotatable bonds is 11. The summed E-state index contributed by atoms with van der Waals surface area (Å²) in [6, 6.07) is 22.2. The molecule has 57 heavy (non-hydrogen) atoms. The van der Waals surface area contributed by atoms with Gasteiger partial charge in [0.1, 0.15) is 17.3 Å². The number of benzene rings is 3. The molecule has 2 saturated heterocycles. The van der Waals surface area contributed by atoms with Gasteiger partial charge in [0.25, 0.3) is 0 Å². The third kappa shape index (κ3) is 8.57. The van der Waals surface area contributed by atoms with Gasteiger partial charge in [-0.15, -0.1) is 0 Å². The molecule has 8 rings (SSSR count). The quantitative estimate of drug-likeness (QED) is 0.179. The van der Waals surface area contributed by atoms with Crippen LogP contribution in [0.2, 0.25) is 0 Å². The number of likely N-dealkylation sites (N-methyl/N-ethyl adjacent to an activating group) is 1. The first kappa shape index (κ1) is 37.9. The summed E-state index contributed by atoms with van der Waals surface area (Å²) in [5.74, 6) is 3.36. The van der Waals surface area contributed by atoms with E-state index in [1.807, 2.05) is 43.6 Å². The number of carbonyl (C=O) groups excluding carboxylic acids is 1. The van der Waals surface area contributed by atoms with Crippen LogP contribution in [0.4, 0.5) is 33.9 Å². The summed E-state index contributed by atoms with van der Waals surface area (Å²) in [5.41, 5.74) is 7.50. The molecule has 0 saturated carbocycles. The van der Waals surface area contributed by atoms with Crippen LogP contribution in [0.1, 0.15) is 22.3 Å². The topological polar surface area (TPSA) is 125 Å². The highest BCUT2D eigenvalue weighted by atomic mass is 16.5. The molecule has 5 heterocycles. The van der Waals surface area contributed by atoms with Gasteiger partial charge in [0.2, 0.25) is 11.9 Å². The van der Waals surface area contributed by atoms with E-state index < -0.39 is 0 Å². The number of fused-ring (bicyclic) bond motifs is 1. The van der Waals surface area contributed by atoms with Crippen LogP contribution in [-0.4, -0.2) is 111 Å². The number of ether oxygens (including phenoxy) is 3. The number of carbonyl (C=O) groups is 1. The van der Waals surface area contributed by atoms with Crippen LogP contribution < -0.4 is 34.4 Å². The number of urea groups is 1. The maximum absolute atomic E-state index is 14.1. The molecule has 3 aliphatic rings. The van der Waals surface area contributed by atoms with Crippen LogP contribution >= 0.6 is 0 Å². The summed E-state index contributed by atoms with van der Waals surface area (Å²) in [4.78, 5) is 44.9. The summed E-state index contributed by atoms with van der Waals surface area (Å²) >= 11 is 0. The molecule has 0 atom stereocenters. The third-order valence-corrected chi connectivity index (χ3v) is 10.9. The third-order valence-electron chi connectivity index (χ3n) is 10.9. The zero-order valence-electron chi connectivity index (χ0n) is 33.1. The molecule has 3 aromatic carbocycles. The Morgan fingerprint density at radius 2 is 1.42 bits per heavy atom. The number of aromatic nitrogens is 4.